The van der Waals surface area contributed by atoms with Crippen LogP contribution >= 0.6 is 11.8 Å². The predicted octanol–water partition coefficient (Wildman–Crippen LogP) is 0.968. The van der Waals surface area contributed by atoms with E-state index in [1.54, 1.807) is 11.8 Å². The predicted molar refractivity (Wildman–Crippen MR) is 61.0 cm³/mol. The largest absolute Gasteiger partial charge is 0.368 e. The Bertz CT molecular complexity index is 216. The number of carbonyl (C=O) groups excluding carboxylic acids is 1. The summed E-state index contributed by atoms with van der Waals surface area (Å²) < 4.78 is 0. The molecule has 82 valence electrons. The van der Waals surface area contributed by atoms with Crippen molar-refractivity contribution in [3.8, 4) is 0 Å². The normalized spacial score (nSPS) is 20.9. The van der Waals surface area contributed by atoms with Crippen LogP contribution < -0.4 is 11.5 Å². The molecule has 14 heavy (non-hydrogen) atoms. The van der Waals surface area contributed by atoms with Gasteiger partial charge < -0.3 is 11.5 Å². The van der Waals surface area contributed by atoms with Gasteiger partial charge in [-0.1, -0.05) is 13.8 Å². The van der Waals surface area contributed by atoms with Crippen molar-refractivity contribution in [3.63, 3.8) is 0 Å². The number of hydrogen-bond acceptors (Lipinski definition) is 3. The second-order valence-corrected chi connectivity index (χ2v) is 5.62. The third-order valence-electron chi connectivity index (χ3n) is 2.56. The van der Waals surface area contributed by atoms with E-state index in [0.29, 0.717) is 17.6 Å². The highest BCUT2D eigenvalue weighted by Crippen LogP contribution is 2.39. The molecule has 1 aliphatic rings. The fraction of sp³-hybridized carbons (Fsp3) is 0.900. The average molecular weight is 216 g/mol. The Morgan fingerprint density at radius 3 is 2.50 bits per heavy atom. The van der Waals surface area contributed by atoms with E-state index in [2.05, 4.69) is 13.8 Å². The van der Waals surface area contributed by atoms with E-state index in [-0.39, 0.29) is 5.91 Å². The van der Waals surface area contributed by atoms with Gasteiger partial charge in [-0.05, 0) is 30.4 Å². The maximum atomic E-state index is 11.3. The summed E-state index contributed by atoms with van der Waals surface area (Å²) in [5.41, 5.74) is 10.6. The zero-order chi connectivity index (χ0) is 10.8. The SMILES string of the molecule is CC(C)CSCC(N)(C(N)=O)C1CC1. The molecule has 0 bridgehead atoms. The van der Waals surface area contributed by atoms with Crippen molar-refractivity contribution in [1.82, 2.24) is 0 Å². The maximum Gasteiger partial charge on any atom is 0.238 e. The van der Waals surface area contributed by atoms with Crippen LogP contribution in [0.25, 0.3) is 0 Å². The Morgan fingerprint density at radius 1 is 1.57 bits per heavy atom. The van der Waals surface area contributed by atoms with Gasteiger partial charge in [-0.2, -0.15) is 11.8 Å². The fourth-order valence-corrected chi connectivity index (χ4v) is 2.76. The van der Waals surface area contributed by atoms with Crippen molar-refractivity contribution in [1.29, 1.82) is 0 Å². The van der Waals surface area contributed by atoms with Gasteiger partial charge in [-0.15, -0.1) is 0 Å². The molecule has 3 nitrogen and oxygen atoms in total. The standard InChI is InChI=1S/C10H20N2OS/c1-7(2)5-14-6-10(12,9(11)13)8-3-4-8/h7-8H,3-6,12H2,1-2H3,(H2,11,13). The van der Waals surface area contributed by atoms with E-state index in [4.69, 9.17) is 11.5 Å². The number of amides is 1. The maximum absolute atomic E-state index is 11.3. The molecule has 1 rings (SSSR count). The number of rotatable bonds is 6. The lowest BCUT2D eigenvalue weighted by Crippen LogP contribution is -2.56. The highest BCUT2D eigenvalue weighted by atomic mass is 32.2. The van der Waals surface area contributed by atoms with Gasteiger partial charge in [0.25, 0.3) is 0 Å². The van der Waals surface area contributed by atoms with Gasteiger partial charge >= 0.3 is 0 Å². The Hall–Kier alpha value is -0.220. The smallest absolute Gasteiger partial charge is 0.238 e. The van der Waals surface area contributed by atoms with Crippen molar-refractivity contribution in [3.05, 3.63) is 0 Å². The topological polar surface area (TPSA) is 69.1 Å². The number of hydrogen-bond donors (Lipinski definition) is 2. The lowest BCUT2D eigenvalue weighted by Gasteiger charge is -2.25. The second-order valence-electron chi connectivity index (χ2n) is 4.59. The third kappa shape index (κ3) is 2.89. The summed E-state index contributed by atoms with van der Waals surface area (Å²) in [5.74, 6) is 2.34. The minimum absolute atomic E-state index is 0.333. The Balaban J connectivity index is 2.40. The van der Waals surface area contributed by atoms with Crippen LogP contribution in [0.3, 0.4) is 0 Å². The van der Waals surface area contributed by atoms with Crippen LogP contribution in [0.15, 0.2) is 0 Å². The minimum atomic E-state index is -0.750. The van der Waals surface area contributed by atoms with E-state index in [0.717, 1.165) is 18.6 Å². The van der Waals surface area contributed by atoms with Crippen molar-refractivity contribution < 1.29 is 4.79 Å². The van der Waals surface area contributed by atoms with Gasteiger partial charge in [-0.25, -0.2) is 0 Å². The summed E-state index contributed by atoms with van der Waals surface area (Å²) >= 11 is 1.74. The molecule has 1 saturated carbocycles. The quantitative estimate of drug-likeness (QED) is 0.695. The monoisotopic (exact) mass is 216 g/mol. The van der Waals surface area contributed by atoms with Gasteiger partial charge in [0, 0.05) is 5.75 Å². The first-order valence-electron chi connectivity index (χ1n) is 5.13. The molecule has 1 amide bonds. The Labute approximate surface area is 90.0 Å². The van der Waals surface area contributed by atoms with Crippen LogP contribution in [0.4, 0.5) is 0 Å². The van der Waals surface area contributed by atoms with Crippen LogP contribution in [0, 0.1) is 11.8 Å². The van der Waals surface area contributed by atoms with Crippen LogP contribution in [0.1, 0.15) is 26.7 Å². The lowest BCUT2D eigenvalue weighted by atomic mass is 9.96. The molecule has 1 fully saturated rings. The molecule has 0 spiro atoms. The molecule has 1 aliphatic carbocycles. The highest BCUT2D eigenvalue weighted by Gasteiger charge is 2.46. The zero-order valence-corrected chi connectivity index (χ0v) is 9.77. The average Bonchev–Trinajstić information content (AvgIpc) is 2.84. The van der Waals surface area contributed by atoms with Crippen LogP contribution in [-0.4, -0.2) is 23.0 Å². The molecule has 1 unspecified atom stereocenters. The van der Waals surface area contributed by atoms with Gasteiger partial charge in [0.1, 0.15) is 5.54 Å². The number of primary amides is 1. The molecule has 4 heteroatoms. The summed E-state index contributed by atoms with van der Waals surface area (Å²) in [7, 11) is 0. The number of nitrogens with two attached hydrogens (primary N) is 2. The lowest BCUT2D eigenvalue weighted by molar-refractivity contribution is -0.123. The Morgan fingerprint density at radius 2 is 2.14 bits per heavy atom. The molecule has 4 N–H and O–H groups in total. The summed E-state index contributed by atoms with van der Waals surface area (Å²) in [5, 5.41) is 0. The molecular formula is C10H20N2OS. The van der Waals surface area contributed by atoms with Crippen molar-refractivity contribution in [2.24, 2.45) is 23.3 Å². The van der Waals surface area contributed by atoms with E-state index >= 15 is 0 Å². The van der Waals surface area contributed by atoms with Crippen molar-refractivity contribution in [2.45, 2.75) is 32.2 Å². The molecule has 0 aromatic rings. The molecule has 0 aromatic heterocycles. The van der Waals surface area contributed by atoms with Crippen LogP contribution in [0.5, 0.6) is 0 Å². The summed E-state index contributed by atoms with van der Waals surface area (Å²) in [6.07, 6.45) is 2.11. The van der Waals surface area contributed by atoms with Gasteiger partial charge in [0.05, 0.1) is 0 Å². The van der Waals surface area contributed by atoms with Crippen LogP contribution in [-0.2, 0) is 4.79 Å². The van der Waals surface area contributed by atoms with E-state index in [1.807, 2.05) is 0 Å². The number of thioether (sulfide) groups is 1. The van der Waals surface area contributed by atoms with Crippen molar-refractivity contribution >= 4 is 17.7 Å². The van der Waals surface area contributed by atoms with Gasteiger partial charge in [-0.3, -0.25) is 4.79 Å². The molecule has 0 aliphatic heterocycles. The number of carbonyl (C=O) groups is 1. The summed E-state index contributed by atoms with van der Waals surface area (Å²) in [4.78, 5) is 11.3. The first kappa shape index (κ1) is 11.9. The molecule has 0 saturated heterocycles. The molecule has 0 aromatic carbocycles. The summed E-state index contributed by atoms with van der Waals surface area (Å²) in [6.45, 7) is 4.32. The highest BCUT2D eigenvalue weighted by molar-refractivity contribution is 7.99. The third-order valence-corrected chi connectivity index (χ3v) is 4.14. The zero-order valence-electron chi connectivity index (χ0n) is 8.95. The molecule has 1 atom stereocenters. The summed E-state index contributed by atoms with van der Waals surface area (Å²) in [6, 6.07) is 0. The fourth-order valence-electron chi connectivity index (χ4n) is 1.45. The molecule has 0 heterocycles. The Kier molecular flexibility index (Phi) is 3.84. The van der Waals surface area contributed by atoms with Crippen molar-refractivity contribution in [2.75, 3.05) is 11.5 Å². The van der Waals surface area contributed by atoms with Crippen LogP contribution in [0.2, 0.25) is 0 Å². The first-order valence-corrected chi connectivity index (χ1v) is 6.29. The van der Waals surface area contributed by atoms with E-state index < -0.39 is 5.54 Å². The van der Waals surface area contributed by atoms with E-state index in [9.17, 15) is 4.79 Å². The first-order chi connectivity index (χ1) is 6.47. The molecular weight excluding hydrogens is 196 g/mol. The van der Waals surface area contributed by atoms with Gasteiger partial charge in [0.15, 0.2) is 0 Å². The minimum Gasteiger partial charge on any atom is -0.368 e. The molecule has 0 radical (unpaired) electrons. The van der Waals surface area contributed by atoms with E-state index in [1.165, 1.54) is 0 Å². The van der Waals surface area contributed by atoms with Gasteiger partial charge in [0.2, 0.25) is 5.91 Å². The second kappa shape index (κ2) is 4.53.